The van der Waals surface area contributed by atoms with Crippen LogP contribution in [0.1, 0.15) is 49.3 Å². The average Bonchev–Trinajstić information content (AvgIpc) is 2.28. The molecule has 0 N–H and O–H groups in total. The van der Waals surface area contributed by atoms with Gasteiger partial charge in [-0.15, -0.1) is 0 Å². The van der Waals surface area contributed by atoms with Crippen molar-refractivity contribution >= 4 is 5.78 Å². The number of benzene rings is 1. The van der Waals surface area contributed by atoms with Gasteiger partial charge < -0.3 is 0 Å². The number of ketones is 1. The van der Waals surface area contributed by atoms with Gasteiger partial charge in [-0.05, 0) is 49.7 Å². The van der Waals surface area contributed by atoms with Gasteiger partial charge in [0.05, 0.1) is 0 Å². The van der Waals surface area contributed by atoms with Gasteiger partial charge in [-0.1, -0.05) is 30.7 Å². The van der Waals surface area contributed by atoms with Gasteiger partial charge in [-0.2, -0.15) is 0 Å². The predicted molar refractivity (Wildman–Crippen MR) is 71.2 cm³/mol. The Balaban J connectivity index is 2.19. The first-order chi connectivity index (χ1) is 8.15. The third-order valence-electron chi connectivity index (χ3n) is 3.75. The van der Waals surface area contributed by atoms with Crippen LogP contribution in [0.4, 0.5) is 0 Å². The number of hydrogen-bond acceptors (Lipinski definition) is 1. The van der Waals surface area contributed by atoms with Gasteiger partial charge >= 0.3 is 0 Å². The Kier molecular flexibility index (Phi) is 3.98. The maximum absolute atomic E-state index is 11.7. The topological polar surface area (TPSA) is 17.1 Å². The number of hydrogen-bond donors (Lipinski definition) is 0. The fourth-order valence-electron chi connectivity index (χ4n) is 2.70. The maximum Gasteiger partial charge on any atom is 0.133 e. The minimum Gasteiger partial charge on any atom is -0.300 e. The zero-order chi connectivity index (χ0) is 12.3. The molecule has 1 atom stereocenters. The number of fused-ring (bicyclic) bond motifs is 1. The molecular formula is C16H22O. The van der Waals surface area contributed by atoms with Crippen molar-refractivity contribution in [2.45, 2.75) is 52.4 Å². The van der Waals surface area contributed by atoms with E-state index in [-0.39, 0.29) is 0 Å². The van der Waals surface area contributed by atoms with Gasteiger partial charge in [-0.3, -0.25) is 4.79 Å². The summed E-state index contributed by atoms with van der Waals surface area (Å²) in [5.41, 5.74) is 4.31. The molecule has 0 amide bonds. The van der Waals surface area contributed by atoms with Crippen LogP contribution in [0.25, 0.3) is 0 Å². The lowest BCUT2D eigenvalue weighted by Crippen LogP contribution is -2.10. The van der Waals surface area contributed by atoms with Crippen molar-refractivity contribution in [2.24, 2.45) is 5.92 Å². The standard InChI is InChI=1S/C16H22O/c1-12-6-8-14-4-3-5-16(17)11-13(2)7-9-15(14)10-12/h6,8,10,13H,3-5,7,9,11H2,1-2H3. The van der Waals surface area contributed by atoms with Crippen LogP contribution in [0.15, 0.2) is 18.2 Å². The lowest BCUT2D eigenvalue weighted by Gasteiger charge is -2.16. The first-order valence-corrected chi connectivity index (χ1v) is 6.75. The molecule has 0 heterocycles. The molecular weight excluding hydrogens is 208 g/mol. The molecule has 0 saturated carbocycles. The van der Waals surface area contributed by atoms with Gasteiger partial charge in [0.25, 0.3) is 0 Å². The first-order valence-electron chi connectivity index (χ1n) is 6.75. The minimum absolute atomic E-state index is 0.452. The summed E-state index contributed by atoms with van der Waals surface area (Å²) in [7, 11) is 0. The molecule has 0 aromatic heterocycles. The molecule has 1 aliphatic carbocycles. The summed E-state index contributed by atoms with van der Waals surface area (Å²) >= 11 is 0. The van der Waals surface area contributed by atoms with E-state index in [0.29, 0.717) is 11.7 Å². The Hall–Kier alpha value is -1.11. The molecule has 0 aliphatic heterocycles. The van der Waals surface area contributed by atoms with Crippen LogP contribution in [-0.4, -0.2) is 5.78 Å². The zero-order valence-electron chi connectivity index (χ0n) is 11.0. The van der Waals surface area contributed by atoms with E-state index in [0.717, 1.165) is 38.5 Å². The fourth-order valence-corrected chi connectivity index (χ4v) is 2.70. The molecule has 1 aromatic rings. The van der Waals surface area contributed by atoms with Gasteiger partial charge in [-0.25, -0.2) is 0 Å². The molecule has 1 unspecified atom stereocenters. The largest absolute Gasteiger partial charge is 0.300 e. The van der Waals surface area contributed by atoms with Crippen LogP contribution in [0, 0.1) is 12.8 Å². The molecule has 1 aromatic carbocycles. The van der Waals surface area contributed by atoms with Crippen LogP contribution < -0.4 is 0 Å². The number of carbonyl (C=O) groups is 1. The van der Waals surface area contributed by atoms with Crippen molar-refractivity contribution in [3.8, 4) is 0 Å². The first kappa shape index (κ1) is 12.3. The lowest BCUT2D eigenvalue weighted by atomic mass is 9.89. The molecule has 2 rings (SSSR count). The van der Waals surface area contributed by atoms with E-state index in [1.807, 2.05) is 0 Å². The summed E-state index contributed by atoms with van der Waals surface area (Å²) in [6.07, 6.45) is 5.89. The van der Waals surface area contributed by atoms with E-state index in [1.54, 1.807) is 0 Å². The number of rotatable bonds is 0. The van der Waals surface area contributed by atoms with Gasteiger partial charge in [0.1, 0.15) is 5.78 Å². The van der Waals surface area contributed by atoms with Crippen LogP contribution in [0.3, 0.4) is 0 Å². The summed E-state index contributed by atoms with van der Waals surface area (Å²) in [6.45, 7) is 4.36. The Morgan fingerprint density at radius 3 is 2.76 bits per heavy atom. The van der Waals surface area contributed by atoms with E-state index in [9.17, 15) is 4.79 Å². The second-order valence-corrected chi connectivity index (χ2v) is 5.51. The highest BCUT2D eigenvalue weighted by Gasteiger charge is 2.13. The smallest absolute Gasteiger partial charge is 0.133 e. The molecule has 0 fully saturated rings. The molecule has 0 radical (unpaired) electrons. The zero-order valence-corrected chi connectivity index (χ0v) is 11.0. The van der Waals surface area contributed by atoms with Gasteiger partial charge in [0.15, 0.2) is 0 Å². The van der Waals surface area contributed by atoms with E-state index < -0.39 is 0 Å². The van der Waals surface area contributed by atoms with E-state index >= 15 is 0 Å². The summed E-state index contributed by atoms with van der Waals surface area (Å²) < 4.78 is 0. The van der Waals surface area contributed by atoms with Gasteiger partial charge in [0.2, 0.25) is 0 Å². The van der Waals surface area contributed by atoms with Crippen LogP contribution in [0.5, 0.6) is 0 Å². The number of aryl methyl sites for hydroxylation is 3. The third-order valence-corrected chi connectivity index (χ3v) is 3.75. The minimum atomic E-state index is 0.452. The molecule has 0 saturated heterocycles. The van der Waals surface area contributed by atoms with Crippen molar-refractivity contribution in [1.82, 2.24) is 0 Å². The monoisotopic (exact) mass is 230 g/mol. The molecule has 0 spiro atoms. The van der Waals surface area contributed by atoms with Crippen molar-refractivity contribution in [1.29, 1.82) is 0 Å². The van der Waals surface area contributed by atoms with Crippen molar-refractivity contribution < 1.29 is 4.79 Å². The SMILES string of the molecule is Cc1ccc2c(c1)CCC(C)CC(=O)CCC2. The summed E-state index contributed by atoms with van der Waals surface area (Å²) in [6, 6.07) is 6.77. The Labute approximate surface area is 104 Å². The Morgan fingerprint density at radius 2 is 1.94 bits per heavy atom. The molecule has 0 bridgehead atoms. The number of Topliss-reactive ketones (excluding diaryl/α,β-unsaturated/α-hetero) is 1. The summed E-state index contributed by atoms with van der Waals surface area (Å²) in [5, 5.41) is 0. The molecule has 92 valence electrons. The normalized spacial score (nSPS) is 22.0. The van der Waals surface area contributed by atoms with Crippen LogP contribution in [-0.2, 0) is 17.6 Å². The van der Waals surface area contributed by atoms with E-state index in [4.69, 9.17) is 0 Å². The van der Waals surface area contributed by atoms with Crippen LogP contribution in [0.2, 0.25) is 0 Å². The molecule has 1 nitrogen and oxygen atoms in total. The fraction of sp³-hybridized carbons (Fsp3) is 0.562. The third kappa shape index (κ3) is 3.42. The summed E-state index contributed by atoms with van der Waals surface area (Å²) in [4.78, 5) is 11.7. The Morgan fingerprint density at radius 1 is 1.12 bits per heavy atom. The second kappa shape index (κ2) is 5.48. The highest BCUT2D eigenvalue weighted by atomic mass is 16.1. The van der Waals surface area contributed by atoms with Crippen molar-refractivity contribution in [3.63, 3.8) is 0 Å². The second-order valence-electron chi connectivity index (χ2n) is 5.51. The Bertz CT molecular complexity index is 406. The highest BCUT2D eigenvalue weighted by molar-refractivity contribution is 5.78. The van der Waals surface area contributed by atoms with Crippen LogP contribution >= 0.6 is 0 Å². The maximum atomic E-state index is 11.7. The summed E-state index contributed by atoms with van der Waals surface area (Å²) in [5.74, 6) is 0.988. The predicted octanol–water partition coefficient (Wildman–Crippen LogP) is 3.86. The van der Waals surface area contributed by atoms with Crippen molar-refractivity contribution in [3.05, 3.63) is 34.9 Å². The quantitative estimate of drug-likeness (QED) is 0.661. The molecule has 1 heteroatoms. The molecule has 17 heavy (non-hydrogen) atoms. The van der Waals surface area contributed by atoms with E-state index in [2.05, 4.69) is 32.0 Å². The highest BCUT2D eigenvalue weighted by Crippen LogP contribution is 2.22. The van der Waals surface area contributed by atoms with Crippen molar-refractivity contribution in [2.75, 3.05) is 0 Å². The lowest BCUT2D eigenvalue weighted by molar-refractivity contribution is -0.120. The molecule has 1 aliphatic rings. The average molecular weight is 230 g/mol. The number of carbonyl (C=O) groups excluding carboxylic acids is 1. The van der Waals surface area contributed by atoms with E-state index in [1.165, 1.54) is 16.7 Å². The van der Waals surface area contributed by atoms with Gasteiger partial charge in [0, 0.05) is 12.8 Å².